The van der Waals surface area contributed by atoms with Gasteiger partial charge in [-0.3, -0.25) is 4.79 Å². The molecule has 0 radical (unpaired) electrons. The number of carbonyl (C=O) groups excluding carboxylic acids is 1. The number of hydrogen-bond donors (Lipinski definition) is 2. The Hall–Kier alpha value is -4.75. The van der Waals surface area contributed by atoms with Crippen LogP contribution in [-0.4, -0.2) is 56.3 Å². The maximum absolute atomic E-state index is 15.5. The molecule has 2 aromatic carbocycles. The van der Waals surface area contributed by atoms with E-state index in [1.165, 1.54) is 30.5 Å². The first kappa shape index (κ1) is 28.4. The molecule has 0 aliphatic carbocycles. The number of ether oxygens (including phenoxy) is 2. The fraction of sp³-hybridized carbons (Fsp3) is 0.233. The third-order valence-electron chi connectivity index (χ3n) is 7.09. The number of carbonyl (C=O) groups is 2. The Morgan fingerprint density at radius 1 is 1.14 bits per heavy atom. The van der Waals surface area contributed by atoms with Gasteiger partial charge in [0.05, 0.1) is 34.9 Å². The van der Waals surface area contributed by atoms with Gasteiger partial charge in [-0.15, -0.1) is 11.3 Å². The van der Waals surface area contributed by atoms with Gasteiger partial charge in [0, 0.05) is 37.1 Å². The molecule has 1 aliphatic rings. The zero-order valence-electron chi connectivity index (χ0n) is 22.8. The largest absolute Gasteiger partial charge is 0.478 e. The number of nitrogens with one attached hydrogen (secondary N) is 1. The number of benzene rings is 2. The zero-order valence-corrected chi connectivity index (χ0v) is 23.7. The Morgan fingerprint density at radius 3 is 2.72 bits per heavy atom. The Kier molecular flexibility index (Phi) is 7.82. The zero-order chi connectivity index (χ0) is 30.1. The van der Waals surface area contributed by atoms with Gasteiger partial charge in [0.15, 0.2) is 0 Å². The molecule has 1 saturated heterocycles. The molecular formula is C30H25F2N5O5S. The molecule has 2 N–H and O–H groups in total. The van der Waals surface area contributed by atoms with E-state index in [2.05, 4.69) is 20.3 Å². The van der Waals surface area contributed by atoms with Gasteiger partial charge in [0.25, 0.3) is 5.91 Å². The maximum Gasteiger partial charge on any atom is 0.335 e. The molecule has 0 spiro atoms. The molecule has 3 aromatic heterocycles. The number of aromatic carboxylic acids is 1. The summed E-state index contributed by atoms with van der Waals surface area (Å²) in [6, 6.07) is 11.6. The van der Waals surface area contributed by atoms with Crippen LogP contribution in [0, 0.1) is 11.6 Å². The van der Waals surface area contributed by atoms with Crippen molar-refractivity contribution in [2.24, 2.45) is 0 Å². The van der Waals surface area contributed by atoms with Crippen molar-refractivity contribution in [2.45, 2.75) is 32.1 Å². The van der Waals surface area contributed by atoms with Crippen molar-refractivity contribution in [3.63, 3.8) is 0 Å². The van der Waals surface area contributed by atoms with Crippen LogP contribution in [0.15, 0.2) is 53.9 Å². The quantitative estimate of drug-likeness (QED) is 0.231. The van der Waals surface area contributed by atoms with Crippen LogP contribution >= 0.6 is 11.3 Å². The van der Waals surface area contributed by atoms with E-state index in [1.807, 2.05) is 4.57 Å². The summed E-state index contributed by atoms with van der Waals surface area (Å²) in [5.74, 6) is -2.03. The summed E-state index contributed by atoms with van der Waals surface area (Å²) < 4.78 is 44.0. The van der Waals surface area contributed by atoms with E-state index in [0.717, 1.165) is 18.6 Å². The minimum atomic E-state index is -1.07. The van der Waals surface area contributed by atoms with Crippen molar-refractivity contribution in [1.82, 2.24) is 24.8 Å². The SMILES string of the molecule is CNC(=O)c1csc(COc2cccc(-c3cc(F)c(Cc4nc5ccc(C(=O)O)cc5n4C[C@@H]4CCO4)cc3F)n2)n1. The average molecular weight is 606 g/mol. The standard InChI is InChI=1S/C30H25F2N5O5S/c1-33-29(38)24-15-43-28(36-24)14-42-27-4-2-3-22(35-27)19-12-20(31)17(9-21(19)32)11-26-34-23-6-5-16(30(39)40)10-25(23)37(26)13-18-7-8-41-18/h2-6,9-10,12,15,18H,7-8,11,13-14H2,1H3,(H,33,38)(H,39,40)/t18-/m0/s1. The molecule has 6 rings (SSSR count). The molecule has 13 heteroatoms. The highest BCUT2D eigenvalue weighted by Gasteiger charge is 2.24. The van der Waals surface area contributed by atoms with Crippen molar-refractivity contribution in [3.8, 4) is 17.1 Å². The summed E-state index contributed by atoms with van der Waals surface area (Å²) in [5, 5.41) is 14.1. The van der Waals surface area contributed by atoms with E-state index < -0.39 is 17.6 Å². The van der Waals surface area contributed by atoms with E-state index in [1.54, 1.807) is 29.6 Å². The van der Waals surface area contributed by atoms with Gasteiger partial charge in [-0.2, -0.15) is 0 Å². The number of halogens is 2. The van der Waals surface area contributed by atoms with Crippen LogP contribution in [0.5, 0.6) is 5.88 Å². The van der Waals surface area contributed by atoms with E-state index in [4.69, 9.17) is 9.47 Å². The van der Waals surface area contributed by atoms with Crippen LogP contribution in [0.25, 0.3) is 22.3 Å². The van der Waals surface area contributed by atoms with Crippen molar-refractivity contribution in [3.05, 3.63) is 93.2 Å². The summed E-state index contributed by atoms with van der Waals surface area (Å²) in [7, 11) is 1.52. The predicted molar refractivity (Wildman–Crippen MR) is 153 cm³/mol. The molecule has 5 aromatic rings. The lowest BCUT2D eigenvalue weighted by Crippen LogP contribution is -2.31. The highest BCUT2D eigenvalue weighted by Crippen LogP contribution is 2.29. The lowest BCUT2D eigenvalue weighted by atomic mass is 10.0. The minimum Gasteiger partial charge on any atom is -0.478 e. The van der Waals surface area contributed by atoms with Crippen LogP contribution in [0.4, 0.5) is 8.78 Å². The van der Waals surface area contributed by atoms with E-state index in [-0.39, 0.29) is 59.0 Å². The smallest absolute Gasteiger partial charge is 0.335 e. The van der Waals surface area contributed by atoms with Crippen LogP contribution < -0.4 is 10.1 Å². The van der Waals surface area contributed by atoms with Gasteiger partial charge < -0.3 is 24.5 Å². The Bertz CT molecular complexity index is 1850. The van der Waals surface area contributed by atoms with Crippen molar-refractivity contribution in [1.29, 1.82) is 0 Å². The average Bonchev–Trinajstić information content (AvgIpc) is 3.59. The number of pyridine rings is 1. The Labute approximate surface area is 248 Å². The molecule has 0 saturated carbocycles. The molecule has 220 valence electrons. The molecule has 1 fully saturated rings. The molecule has 10 nitrogen and oxygen atoms in total. The van der Waals surface area contributed by atoms with Crippen molar-refractivity contribution < 1.29 is 33.0 Å². The first-order valence-electron chi connectivity index (χ1n) is 13.4. The number of aromatic nitrogens is 4. The number of fused-ring (bicyclic) bond motifs is 1. The second-order valence-electron chi connectivity index (χ2n) is 9.88. The van der Waals surface area contributed by atoms with Crippen LogP contribution in [0.2, 0.25) is 0 Å². The summed E-state index contributed by atoms with van der Waals surface area (Å²) in [4.78, 5) is 36.4. The highest BCUT2D eigenvalue weighted by atomic mass is 32.1. The predicted octanol–water partition coefficient (Wildman–Crippen LogP) is 4.85. The fourth-order valence-electron chi connectivity index (χ4n) is 4.76. The summed E-state index contributed by atoms with van der Waals surface area (Å²) in [5.41, 5.74) is 1.77. The number of nitrogens with zero attached hydrogens (tertiary/aromatic N) is 4. The van der Waals surface area contributed by atoms with Gasteiger partial charge >= 0.3 is 5.97 Å². The number of carboxylic acids is 1. The number of imidazole rings is 1. The highest BCUT2D eigenvalue weighted by molar-refractivity contribution is 7.09. The summed E-state index contributed by atoms with van der Waals surface area (Å²) in [6.45, 7) is 1.11. The minimum absolute atomic E-state index is 0.0186. The Balaban J connectivity index is 1.24. The van der Waals surface area contributed by atoms with E-state index in [0.29, 0.717) is 35.0 Å². The van der Waals surface area contributed by atoms with Crippen LogP contribution in [0.3, 0.4) is 0 Å². The van der Waals surface area contributed by atoms with Crippen LogP contribution in [-0.2, 0) is 24.3 Å². The second-order valence-corrected chi connectivity index (χ2v) is 10.8. The second kappa shape index (κ2) is 11.9. The fourth-order valence-corrected chi connectivity index (χ4v) is 5.44. The first-order valence-corrected chi connectivity index (χ1v) is 14.3. The molecule has 4 heterocycles. The van der Waals surface area contributed by atoms with Crippen molar-refractivity contribution in [2.75, 3.05) is 13.7 Å². The van der Waals surface area contributed by atoms with Crippen LogP contribution in [0.1, 0.15) is 43.7 Å². The lowest BCUT2D eigenvalue weighted by Gasteiger charge is -2.27. The maximum atomic E-state index is 15.5. The number of hydrogen-bond acceptors (Lipinski definition) is 8. The number of rotatable bonds is 10. The van der Waals surface area contributed by atoms with E-state index >= 15 is 8.78 Å². The van der Waals surface area contributed by atoms with Gasteiger partial charge in [0.2, 0.25) is 5.88 Å². The van der Waals surface area contributed by atoms with E-state index in [9.17, 15) is 14.7 Å². The monoisotopic (exact) mass is 605 g/mol. The van der Waals surface area contributed by atoms with Gasteiger partial charge in [-0.25, -0.2) is 28.5 Å². The topological polar surface area (TPSA) is 128 Å². The molecular weight excluding hydrogens is 580 g/mol. The summed E-state index contributed by atoms with van der Waals surface area (Å²) in [6.07, 6.45) is 0.754. The molecule has 1 atom stereocenters. The molecule has 43 heavy (non-hydrogen) atoms. The third-order valence-corrected chi connectivity index (χ3v) is 7.92. The van der Waals surface area contributed by atoms with Gasteiger partial charge in [-0.1, -0.05) is 6.07 Å². The molecule has 0 unspecified atom stereocenters. The molecule has 0 bridgehead atoms. The third kappa shape index (κ3) is 5.94. The number of carboxylic acid groups (broad SMARTS) is 1. The first-order chi connectivity index (χ1) is 20.8. The molecule has 1 amide bonds. The summed E-state index contributed by atoms with van der Waals surface area (Å²) >= 11 is 1.26. The number of amides is 1. The van der Waals surface area contributed by atoms with Crippen molar-refractivity contribution >= 4 is 34.2 Å². The normalized spacial score (nSPS) is 14.4. The van der Waals surface area contributed by atoms with Gasteiger partial charge in [0.1, 0.15) is 34.8 Å². The molecule has 1 aliphatic heterocycles. The lowest BCUT2D eigenvalue weighted by molar-refractivity contribution is -0.0589. The van der Waals surface area contributed by atoms with Gasteiger partial charge in [-0.05, 0) is 48.4 Å². The number of thiazole rings is 1. The Morgan fingerprint density at radius 2 is 1.98 bits per heavy atom.